The van der Waals surface area contributed by atoms with Crippen LogP contribution >= 0.6 is 0 Å². The lowest BCUT2D eigenvalue weighted by atomic mass is 9.84. The molecule has 0 spiro atoms. The number of nitrogens with zero attached hydrogens (tertiary/aromatic N) is 1. The van der Waals surface area contributed by atoms with E-state index in [1.807, 2.05) is 13.8 Å². The van der Waals surface area contributed by atoms with E-state index in [0.29, 0.717) is 5.92 Å². The van der Waals surface area contributed by atoms with Gasteiger partial charge in [0, 0.05) is 12.6 Å². The number of carbonyl (C=O) groups excluding carboxylic acids is 1. The standard InChI is InChI=1S/C14H25N3O3/c1-3-9(2)12(13(18)19)16-14(20)15-11-8-17-6-4-10(11)5-7-17/h9-12H,3-8H2,1-2H3,(H,18,19)(H2,15,16,20). The van der Waals surface area contributed by atoms with Gasteiger partial charge in [0.1, 0.15) is 6.04 Å². The van der Waals surface area contributed by atoms with Crippen LogP contribution in [0.3, 0.4) is 0 Å². The topological polar surface area (TPSA) is 81.7 Å². The molecule has 2 bridgehead atoms. The van der Waals surface area contributed by atoms with Gasteiger partial charge in [-0.2, -0.15) is 0 Å². The minimum absolute atomic E-state index is 0.0789. The highest BCUT2D eigenvalue weighted by Crippen LogP contribution is 2.27. The molecule has 3 fully saturated rings. The number of urea groups is 1. The van der Waals surface area contributed by atoms with Crippen molar-refractivity contribution < 1.29 is 14.7 Å². The van der Waals surface area contributed by atoms with Gasteiger partial charge in [-0.1, -0.05) is 20.3 Å². The summed E-state index contributed by atoms with van der Waals surface area (Å²) < 4.78 is 0. The van der Waals surface area contributed by atoms with Crippen LogP contribution in [-0.2, 0) is 4.79 Å². The Morgan fingerprint density at radius 3 is 2.45 bits per heavy atom. The fourth-order valence-corrected chi connectivity index (χ4v) is 3.16. The van der Waals surface area contributed by atoms with Crippen molar-refractivity contribution in [3.8, 4) is 0 Å². The molecule has 0 aliphatic carbocycles. The summed E-state index contributed by atoms with van der Waals surface area (Å²) >= 11 is 0. The molecule has 0 saturated carbocycles. The fourth-order valence-electron chi connectivity index (χ4n) is 3.16. The summed E-state index contributed by atoms with van der Waals surface area (Å²) in [6, 6.07) is -1.01. The lowest BCUT2D eigenvalue weighted by Gasteiger charge is -2.45. The number of hydrogen-bond acceptors (Lipinski definition) is 3. The third kappa shape index (κ3) is 3.42. The number of carboxylic acid groups (broad SMARTS) is 1. The van der Waals surface area contributed by atoms with E-state index in [1.165, 1.54) is 0 Å². The third-order valence-corrected chi connectivity index (χ3v) is 4.74. The van der Waals surface area contributed by atoms with E-state index in [-0.39, 0.29) is 18.0 Å². The van der Waals surface area contributed by atoms with Crippen molar-refractivity contribution in [3.63, 3.8) is 0 Å². The first-order valence-corrected chi connectivity index (χ1v) is 7.53. The molecular formula is C14H25N3O3. The van der Waals surface area contributed by atoms with Crippen LogP contribution in [0.25, 0.3) is 0 Å². The van der Waals surface area contributed by atoms with E-state index in [2.05, 4.69) is 15.5 Å². The molecule has 3 heterocycles. The molecule has 3 saturated heterocycles. The summed E-state index contributed by atoms with van der Waals surface area (Å²) in [7, 11) is 0. The summed E-state index contributed by atoms with van der Waals surface area (Å²) in [6.07, 6.45) is 2.97. The minimum atomic E-state index is -0.969. The number of hydrogen-bond donors (Lipinski definition) is 3. The number of fused-ring (bicyclic) bond motifs is 3. The van der Waals surface area contributed by atoms with Gasteiger partial charge in [-0.3, -0.25) is 0 Å². The quantitative estimate of drug-likeness (QED) is 0.699. The average Bonchev–Trinajstić information content (AvgIpc) is 2.45. The molecule has 3 N–H and O–H groups in total. The van der Waals surface area contributed by atoms with Crippen LogP contribution in [0, 0.1) is 11.8 Å². The Kier molecular flexibility index (Phi) is 4.86. The van der Waals surface area contributed by atoms with Crippen LogP contribution in [0.2, 0.25) is 0 Å². The Morgan fingerprint density at radius 2 is 2.00 bits per heavy atom. The maximum Gasteiger partial charge on any atom is 0.326 e. The molecule has 0 aromatic rings. The van der Waals surface area contributed by atoms with Crippen LogP contribution in [0.15, 0.2) is 0 Å². The smallest absolute Gasteiger partial charge is 0.326 e. The monoisotopic (exact) mass is 283 g/mol. The van der Waals surface area contributed by atoms with E-state index in [0.717, 1.165) is 38.9 Å². The minimum Gasteiger partial charge on any atom is -0.480 e. The lowest BCUT2D eigenvalue weighted by molar-refractivity contribution is -0.140. The van der Waals surface area contributed by atoms with Crippen LogP contribution in [0.5, 0.6) is 0 Å². The van der Waals surface area contributed by atoms with Crippen molar-refractivity contribution >= 4 is 12.0 Å². The highest BCUT2D eigenvalue weighted by atomic mass is 16.4. The van der Waals surface area contributed by atoms with Gasteiger partial charge in [0.05, 0.1) is 0 Å². The first kappa shape index (κ1) is 15.1. The predicted octanol–water partition coefficient (Wildman–Crippen LogP) is 0.879. The summed E-state index contributed by atoms with van der Waals surface area (Å²) in [5, 5.41) is 14.7. The molecule has 3 aliphatic rings. The zero-order chi connectivity index (χ0) is 14.7. The molecule has 6 nitrogen and oxygen atoms in total. The van der Waals surface area contributed by atoms with E-state index >= 15 is 0 Å². The van der Waals surface area contributed by atoms with Gasteiger partial charge in [0.15, 0.2) is 0 Å². The number of carboxylic acids is 1. The maximum absolute atomic E-state index is 12.0. The van der Waals surface area contributed by atoms with Gasteiger partial charge in [-0.25, -0.2) is 9.59 Å². The SMILES string of the molecule is CCC(C)C(NC(=O)NC1CN2CCC1CC2)C(=O)O. The summed E-state index contributed by atoms with van der Waals surface area (Å²) in [6.45, 7) is 6.89. The summed E-state index contributed by atoms with van der Waals surface area (Å²) in [5.74, 6) is -0.508. The molecule has 2 amide bonds. The molecule has 114 valence electrons. The van der Waals surface area contributed by atoms with Crippen LogP contribution in [0.4, 0.5) is 4.79 Å². The second-order valence-electron chi connectivity index (χ2n) is 6.06. The molecule has 3 unspecified atom stereocenters. The van der Waals surface area contributed by atoms with Gasteiger partial charge in [-0.05, 0) is 37.8 Å². The van der Waals surface area contributed by atoms with Gasteiger partial charge < -0.3 is 20.6 Å². The number of rotatable bonds is 5. The second-order valence-corrected chi connectivity index (χ2v) is 6.06. The summed E-state index contributed by atoms with van der Waals surface area (Å²) in [5.41, 5.74) is 0. The van der Waals surface area contributed by atoms with E-state index < -0.39 is 12.0 Å². The number of aliphatic carboxylic acids is 1. The van der Waals surface area contributed by atoms with Crippen LogP contribution in [0.1, 0.15) is 33.1 Å². The van der Waals surface area contributed by atoms with E-state index in [1.54, 1.807) is 0 Å². The Morgan fingerprint density at radius 1 is 1.35 bits per heavy atom. The molecule has 0 radical (unpaired) electrons. The molecule has 0 aromatic carbocycles. The predicted molar refractivity (Wildman–Crippen MR) is 75.5 cm³/mol. The molecule has 20 heavy (non-hydrogen) atoms. The highest BCUT2D eigenvalue weighted by molar-refractivity contribution is 5.82. The summed E-state index contributed by atoms with van der Waals surface area (Å²) in [4.78, 5) is 25.6. The second kappa shape index (κ2) is 6.43. The fraction of sp³-hybridized carbons (Fsp3) is 0.857. The Hall–Kier alpha value is -1.30. The third-order valence-electron chi connectivity index (χ3n) is 4.74. The molecule has 3 aliphatic heterocycles. The normalized spacial score (nSPS) is 31.4. The first-order valence-electron chi connectivity index (χ1n) is 7.53. The molecule has 0 aromatic heterocycles. The van der Waals surface area contributed by atoms with Gasteiger partial charge in [-0.15, -0.1) is 0 Å². The van der Waals surface area contributed by atoms with Gasteiger partial charge in [0.25, 0.3) is 0 Å². The van der Waals surface area contributed by atoms with Crippen molar-refractivity contribution in [3.05, 3.63) is 0 Å². The molecule has 3 rings (SSSR count). The molecule has 3 atom stereocenters. The van der Waals surface area contributed by atoms with Crippen molar-refractivity contribution in [1.29, 1.82) is 0 Å². The van der Waals surface area contributed by atoms with Crippen molar-refractivity contribution in [2.75, 3.05) is 19.6 Å². The van der Waals surface area contributed by atoms with Crippen molar-refractivity contribution in [2.45, 2.75) is 45.2 Å². The maximum atomic E-state index is 12.0. The highest BCUT2D eigenvalue weighted by Gasteiger charge is 2.35. The number of carbonyl (C=O) groups is 2. The largest absolute Gasteiger partial charge is 0.480 e. The average molecular weight is 283 g/mol. The van der Waals surface area contributed by atoms with Gasteiger partial charge >= 0.3 is 12.0 Å². The number of piperidine rings is 3. The van der Waals surface area contributed by atoms with Crippen molar-refractivity contribution in [2.24, 2.45) is 11.8 Å². The molecular weight excluding hydrogens is 258 g/mol. The van der Waals surface area contributed by atoms with Crippen molar-refractivity contribution in [1.82, 2.24) is 15.5 Å². The first-order chi connectivity index (χ1) is 9.51. The lowest BCUT2D eigenvalue weighted by Crippen LogP contribution is -2.60. The van der Waals surface area contributed by atoms with Crippen LogP contribution in [-0.4, -0.2) is 53.7 Å². The number of amides is 2. The Labute approximate surface area is 119 Å². The van der Waals surface area contributed by atoms with Gasteiger partial charge in [0.2, 0.25) is 0 Å². The Bertz CT molecular complexity index is 367. The van der Waals surface area contributed by atoms with E-state index in [4.69, 9.17) is 0 Å². The zero-order valence-corrected chi connectivity index (χ0v) is 12.3. The zero-order valence-electron chi connectivity index (χ0n) is 12.3. The Balaban J connectivity index is 1.86. The van der Waals surface area contributed by atoms with E-state index in [9.17, 15) is 14.7 Å². The molecule has 6 heteroatoms. The number of nitrogens with one attached hydrogen (secondary N) is 2. The van der Waals surface area contributed by atoms with Crippen LogP contribution < -0.4 is 10.6 Å².